The van der Waals surface area contributed by atoms with Gasteiger partial charge < -0.3 is 5.32 Å². The summed E-state index contributed by atoms with van der Waals surface area (Å²) in [4.78, 5) is 14.0. The molecule has 5 nitrogen and oxygen atoms in total. The predicted octanol–water partition coefficient (Wildman–Crippen LogP) is 2.98. The van der Waals surface area contributed by atoms with Crippen molar-refractivity contribution in [2.75, 3.05) is 0 Å². The Balaban J connectivity index is 2.01. The lowest BCUT2D eigenvalue weighted by atomic mass is 10.1. The average molecular weight is 275 g/mol. The molecule has 2 rings (SSSR count). The van der Waals surface area contributed by atoms with Gasteiger partial charge in [0, 0.05) is 24.8 Å². The standard InChI is InChI=1S/C14H14FN3O2/c1-10(13-4-2-3-7-16-13)17-9-11-5-6-14(18(19)20)12(15)8-11/h2-8,10,17H,9H2,1H3. The molecule has 0 bridgehead atoms. The van der Waals surface area contributed by atoms with E-state index in [1.54, 1.807) is 12.3 Å². The SMILES string of the molecule is CC(NCc1ccc([N+](=O)[O-])c(F)c1)c1ccccn1. The highest BCUT2D eigenvalue weighted by atomic mass is 19.1. The molecule has 1 heterocycles. The molecule has 20 heavy (non-hydrogen) atoms. The van der Waals surface area contributed by atoms with E-state index in [2.05, 4.69) is 10.3 Å². The van der Waals surface area contributed by atoms with E-state index in [9.17, 15) is 14.5 Å². The Kier molecular flexibility index (Phi) is 4.37. The maximum atomic E-state index is 13.5. The molecule has 1 unspecified atom stereocenters. The summed E-state index contributed by atoms with van der Waals surface area (Å²) in [6.07, 6.45) is 1.71. The van der Waals surface area contributed by atoms with Gasteiger partial charge in [-0.1, -0.05) is 12.1 Å². The number of aromatic nitrogens is 1. The minimum absolute atomic E-state index is 0.00875. The molecule has 0 spiro atoms. The first-order valence-electron chi connectivity index (χ1n) is 6.15. The number of nitro benzene ring substituents is 1. The fourth-order valence-corrected chi connectivity index (χ4v) is 1.82. The molecular weight excluding hydrogens is 261 g/mol. The van der Waals surface area contributed by atoms with Gasteiger partial charge in [-0.15, -0.1) is 0 Å². The second-order valence-corrected chi connectivity index (χ2v) is 4.40. The van der Waals surface area contributed by atoms with Crippen LogP contribution in [0.3, 0.4) is 0 Å². The van der Waals surface area contributed by atoms with E-state index < -0.39 is 16.4 Å². The molecule has 104 valence electrons. The first-order chi connectivity index (χ1) is 9.58. The maximum absolute atomic E-state index is 13.5. The number of nitro groups is 1. The zero-order chi connectivity index (χ0) is 14.5. The quantitative estimate of drug-likeness (QED) is 0.672. The third kappa shape index (κ3) is 3.36. The van der Waals surface area contributed by atoms with Crippen molar-refractivity contribution in [3.05, 3.63) is 69.8 Å². The Bertz CT molecular complexity index is 605. The Labute approximate surface area is 115 Å². The van der Waals surface area contributed by atoms with Gasteiger partial charge in [0.15, 0.2) is 0 Å². The van der Waals surface area contributed by atoms with Crippen molar-refractivity contribution in [2.24, 2.45) is 0 Å². The van der Waals surface area contributed by atoms with Crippen LogP contribution in [0.5, 0.6) is 0 Å². The highest BCUT2D eigenvalue weighted by molar-refractivity contribution is 5.35. The number of benzene rings is 1. The topological polar surface area (TPSA) is 68.1 Å². The summed E-state index contributed by atoms with van der Waals surface area (Å²) in [6.45, 7) is 2.36. The highest BCUT2D eigenvalue weighted by Crippen LogP contribution is 2.18. The van der Waals surface area contributed by atoms with Crippen LogP contribution in [0.1, 0.15) is 24.2 Å². The Hall–Kier alpha value is -2.34. The molecule has 1 atom stereocenters. The van der Waals surface area contributed by atoms with Crippen LogP contribution in [0.2, 0.25) is 0 Å². The van der Waals surface area contributed by atoms with Crippen molar-refractivity contribution in [1.82, 2.24) is 10.3 Å². The lowest BCUT2D eigenvalue weighted by Crippen LogP contribution is -2.19. The van der Waals surface area contributed by atoms with Crippen molar-refractivity contribution >= 4 is 5.69 Å². The summed E-state index contributed by atoms with van der Waals surface area (Å²) in [5.41, 5.74) is 1.03. The van der Waals surface area contributed by atoms with Gasteiger partial charge in [0.05, 0.1) is 10.6 Å². The van der Waals surface area contributed by atoms with Crippen molar-refractivity contribution in [2.45, 2.75) is 19.5 Å². The summed E-state index contributed by atoms with van der Waals surface area (Å²) in [7, 11) is 0. The van der Waals surface area contributed by atoms with Crippen molar-refractivity contribution in [3.63, 3.8) is 0 Å². The first kappa shape index (κ1) is 14.1. The lowest BCUT2D eigenvalue weighted by molar-refractivity contribution is -0.387. The normalized spacial score (nSPS) is 12.1. The summed E-state index contributed by atoms with van der Waals surface area (Å²) in [5.74, 6) is -0.820. The largest absolute Gasteiger partial charge is 0.305 e. The van der Waals surface area contributed by atoms with Gasteiger partial charge >= 0.3 is 5.69 Å². The molecule has 0 fully saturated rings. The second-order valence-electron chi connectivity index (χ2n) is 4.40. The van der Waals surface area contributed by atoms with Crippen LogP contribution in [-0.2, 0) is 6.54 Å². The summed E-state index contributed by atoms with van der Waals surface area (Å²) < 4.78 is 13.5. The Morgan fingerprint density at radius 3 is 2.80 bits per heavy atom. The van der Waals surface area contributed by atoms with E-state index in [1.165, 1.54) is 12.1 Å². The molecule has 6 heteroatoms. The van der Waals surface area contributed by atoms with Gasteiger partial charge in [0.1, 0.15) is 0 Å². The third-order valence-corrected chi connectivity index (χ3v) is 2.95. The van der Waals surface area contributed by atoms with E-state index in [-0.39, 0.29) is 6.04 Å². The third-order valence-electron chi connectivity index (χ3n) is 2.95. The molecule has 0 saturated heterocycles. The number of hydrogen-bond acceptors (Lipinski definition) is 4. The van der Waals surface area contributed by atoms with E-state index >= 15 is 0 Å². The van der Waals surface area contributed by atoms with E-state index in [1.807, 2.05) is 25.1 Å². The Morgan fingerprint density at radius 2 is 2.20 bits per heavy atom. The lowest BCUT2D eigenvalue weighted by Gasteiger charge is -2.13. The van der Waals surface area contributed by atoms with Crippen LogP contribution in [0.25, 0.3) is 0 Å². The molecule has 2 aromatic rings. The fourth-order valence-electron chi connectivity index (χ4n) is 1.82. The second kappa shape index (κ2) is 6.21. The monoisotopic (exact) mass is 275 g/mol. The van der Waals surface area contributed by atoms with Gasteiger partial charge in [-0.25, -0.2) is 0 Å². The molecule has 0 amide bonds. The number of nitrogens with one attached hydrogen (secondary N) is 1. The van der Waals surface area contributed by atoms with Crippen molar-refractivity contribution in [3.8, 4) is 0 Å². The minimum Gasteiger partial charge on any atom is -0.305 e. The molecule has 1 aromatic carbocycles. The average Bonchev–Trinajstić information content (AvgIpc) is 2.45. The van der Waals surface area contributed by atoms with Crippen molar-refractivity contribution < 1.29 is 9.31 Å². The van der Waals surface area contributed by atoms with E-state index in [0.717, 1.165) is 5.69 Å². The molecule has 0 radical (unpaired) electrons. The number of rotatable bonds is 5. The molecule has 1 N–H and O–H groups in total. The summed E-state index contributed by atoms with van der Waals surface area (Å²) in [5, 5.41) is 13.7. The Morgan fingerprint density at radius 1 is 1.40 bits per heavy atom. The molecule has 0 aliphatic carbocycles. The molecule has 0 aliphatic rings. The van der Waals surface area contributed by atoms with Gasteiger partial charge in [-0.3, -0.25) is 15.1 Å². The van der Waals surface area contributed by atoms with E-state index in [4.69, 9.17) is 0 Å². The predicted molar refractivity (Wildman–Crippen MR) is 72.5 cm³/mol. The molecule has 0 aliphatic heterocycles. The zero-order valence-corrected chi connectivity index (χ0v) is 10.9. The van der Waals surface area contributed by atoms with Gasteiger partial charge in [-0.05, 0) is 30.7 Å². The van der Waals surface area contributed by atoms with Gasteiger partial charge in [0.25, 0.3) is 0 Å². The van der Waals surface area contributed by atoms with Crippen LogP contribution >= 0.6 is 0 Å². The highest BCUT2D eigenvalue weighted by Gasteiger charge is 2.14. The molecule has 0 saturated carbocycles. The van der Waals surface area contributed by atoms with Crippen LogP contribution in [-0.4, -0.2) is 9.91 Å². The summed E-state index contributed by atoms with van der Waals surface area (Å²) >= 11 is 0. The fraction of sp³-hybridized carbons (Fsp3) is 0.214. The minimum atomic E-state index is -0.820. The number of pyridine rings is 1. The molecular formula is C14H14FN3O2. The summed E-state index contributed by atoms with van der Waals surface area (Å²) in [6, 6.07) is 9.53. The first-order valence-corrected chi connectivity index (χ1v) is 6.15. The van der Waals surface area contributed by atoms with Gasteiger partial charge in [-0.2, -0.15) is 4.39 Å². The van der Waals surface area contributed by atoms with Crippen LogP contribution in [0, 0.1) is 15.9 Å². The van der Waals surface area contributed by atoms with Crippen LogP contribution < -0.4 is 5.32 Å². The number of halogens is 1. The molecule has 1 aromatic heterocycles. The zero-order valence-electron chi connectivity index (χ0n) is 10.9. The van der Waals surface area contributed by atoms with Crippen molar-refractivity contribution in [1.29, 1.82) is 0 Å². The van der Waals surface area contributed by atoms with Gasteiger partial charge in [0.2, 0.25) is 5.82 Å². The number of nitrogens with zero attached hydrogens (tertiary/aromatic N) is 2. The number of hydrogen-bond donors (Lipinski definition) is 1. The van der Waals surface area contributed by atoms with E-state index in [0.29, 0.717) is 12.1 Å². The maximum Gasteiger partial charge on any atom is 0.304 e. The van der Waals surface area contributed by atoms with Crippen LogP contribution in [0.4, 0.5) is 10.1 Å². The smallest absolute Gasteiger partial charge is 0.304 e. The van der Waals surface area contributed by atoms with Crippen LogP contribution in [0.15, 0.2) is 42.6 Å².